The van der Waals surface area contributed by atoms with E-state index in [1.807, 2.05) is 0 Å². The molecule has 0 radical (unpaired) electrons. The number of hydrogen-bond donors (Lipinski definition) is 0. The van der Waals surface area contributed by atoms with Crippen molar-refractivity contribution in [2.75, 3.05) is 57.3 Å². The van der Waals surface area contributed by atoms with Crippen LogP contribution in [0.4, 0.5) is 5.69 Å². The van der Waals surface area contributed by atoms with E-state index in [1.165, 1.54) is 89.3 Å². The van der Waals surface area contributed by atoms with Crippen LogP contribution in [0.5, 0.6) is 0 Å². The van der Waals surface area contributed by atoms with E-state index < -0.39 is 0 Å². The van der Waals surface area contributed by atoms with Crippen molar-refractivity contribution in [3.05, 3.63) is 66.2 Å². The van der Waals surface area contributed by atoms with E-state index in [-0.39, 0.29) is 0 Å². The maximum atomic E-state index is 2.75. The van der Waals surface area contributed by atoms with Crippen LogP contribution in [0.15, 0.2) is 60.7 Å². The molecule has 3 fully saturated rings. The van der Waals surface area contributed by atoms with Crippen molar-refractivity contribution in [2.24, 2.45) is 11.3 Å². The molecule has 3 nitrogen and oxygen atoms in total. The molecule has 29 heavy (non-hydrogen) atoms. The third-order valence-electron chi connectivity index (χ3n) is 7.74. The molecule has 0 aromatic heterocycles. The Morgan fingerprint density at radius 2 is 1.34 bits per heavy atom. The molecule has 5 rings (SSSR count). The van der Waals surface area contributed by atoms with Crippen molar-refractivity contribution in [3.8, 4) is 0 Å². The highest BCUT2D eigenvalue weighted by molar-refractivity contribution is 5.46. The SMILES string of the molecule is c1ccc(CCN2CCN(CC3CC34CCN(c3ccccc3)CC4)CC2)cc1. The molecular formula is C26H35N3. The van der Waals surface area contributed by atoms with Crippen LogP contribution in [-0.2, 0) is 6.42 Å². The molecule has 2 aliphatic heterocycles. The highest BCUT2D eigenvalue weighted by Crippen LogP contribution is 2.59. The first-order chi connectivity index (χ1) is 14.3. The van der Waals surface area contributed by atoms with E-state index in [0.29, 0.717) is 5.41 Å². The van der Waals surface area contributed by atoms with Crippen molar-refractivity contribution < 1.29 is 0 Å². The lowest BCUT2D eigenvalue weighted by Crippen LogP contribution is -2.47. The van der Waals surface area contributed by atoms with Gasteiger partial charge in [0.1, 0.15) is 0 Å². The van der Waals surface area contributed by atoms with Crippen molar-refractivity contribution in [1.29, 1.82) is 0 Å². The second-order valence-corrected chi connectivity index (χ2v) is 9.46. The monoisotopic (exact) mass is 389 g/mol. The van der Waals surface area contributed by atoms with Gasteiger partial charge in [0.2, 0.25) is 0 Å². The first kappa shape index (κ1) is 19.1. The molecule has 1 spiro atoms. The number of hydrogen-bond acceptors (Lipinski definition) is 3. The van der Waals surface area contributed by atoms with Gasteiger partial charge in [0, 0.05) is 58.0 Å². The third-order valence-corrected chi connectivity index (χ3v) is 7.74. The fraction of sp³-hybridized carbons (Fsp3) is 0.538. The Hall–Kier alpha value is -1.84. The highest BCUT2D eigenvalue weighted by atomic mass is 15.3. The van der Waals surface area contributed by atoms with Gasteiger partial charge in [-0.2, -0.15) is 0 Å². The van der Waals surface area contributed by atoms with E-state index in [1.54, 1.807) is 0 Å². The van der Waals surface area contributed by atoms with Crippen molar-refractivity contribution in [3.63, 3.8) is 0 Å². The summed E-state index contributed by atoms with van der Waals surface area (Å²) < 4.78 is 0. The number of piperidine rings is 1. The molecule has 1 atom stereocenters. The standard InChI is InChI=1S/C26H35N3/c1-3-7-23(8-4-1)11-14-27-17-19-28(20-18-27)22-24-21-26(24)12-15-29(16-13-26)25-9-5-2-6-10-25/h1-10,24H,11-22H2. The summed E-state index contributed by atoms with van der Waals surface area (Å²) in [5.41, 5.74) is 3.55. The summed E-state index contributed by atoms with van der Waals surface area (Å²) in [6.07, 6.45) is 5.45. The number of piperazine rings is 1. The molecule has 1 aliphatic carbocycles. The van der Waals surface area contributed by atoms with Crippen molar-refractivity contribution in [1.82, 2.24) is 9.80 Å². The lowest BCUT2D eigenvalue weighted by Gasteiger charge is -2.37. The van der Waals surface area contributed by atoms with Crippen molar-refractivity contribution in [2.45, 2.75) is 25.7 Å². The van der Waals surface area contributed by atoms with E-state index in [4.69, 9.17) is 0 Å². The fourth-order valence-corrected chi connectivity index (χ4v) is 5.59. The molecular weight excluding hydrogens is 354 g/mol. The molecule has 154 valence electrons. The number of nitrogens with zero attached hydrogens (tertiary/aromatic N) is 3. The molecule has 0 bridgehead atoms. The normalized spacial score (nSPS) is 24.7. The second-order valence-electron chi connectivity index (χ2n) is 9.46. The largest absolute Gasteiger partial charge is 0.371 e. The van der Waals surface area contributed by atoms with Crippen LogP contribution in [0.25, 0.3) is 0 Å². The lowest BCUT2D eigenvalue weighted by atomic mass is 9.90. The Kier molecular flexibility index (Phi) is 5.61. The minimum Gasteiger partial charge on any atom is -0.371 e. The number of anilines is 1. The average Bonchev–Trinajstić information content (AvgIpc) is 3.45. The van der Waals surface area contributed by atoms with Gasteiger partial charge in [-0.05, 0) is 54.7 Å². The molecule has 0 N–H and O–H groups in total. The maximum absolute atomic E-state index is 2.75. The van der Waals surface area contributed by atoms with Gasteiger partial charge >= 0.3 is 0 Å². The molecule has 0 amide bonds. The van der Waals surface area contributed by atoms with Crippen LogP contribution in [0, 0.1) is 11.3 Å². The Balaban J connectivity index is 1.03. The van der Waals surface area contributed by atoms with Gasteiger partial charge in [-0.3, -0.25) is 0 Å². The van der Waals surface area contributed by atoms with Crippen LogP contribution >= 0.6 is 0 Å². The van der Waals surface area contributed by atoms with Gasteiger partial charge in [-0.25, -0.2) is 0 Å². The number of benzene rings is 2. The summed E-state index contributed by atoms with van der Waals surface area (Å²) in [6.45, 7) is 10.1. The summed E-state index contributed by atoms with van der Waals surface area (Å²) in [5, 5.41) is 0. The van der Waals surface area contributed by atoms with E-state index >= 15 is 0 Å². The predicted octanol–water partition coefficient (Wildman–Crippen LogP) is 4.15. The summed E-state index contributed by atoms with van der Waals surface area (Å²) in [4.78, 5) is 8.00. The van der Waals surface area contributed by atoms with Gasteiger partial charge in [0.05, 0.1) is 0 Å². The van der Waals surface area contributed by atoms with E-state index in [0.717, 1.165) is 5.92 Å². The van der Waals surface area contributed by atoms with Crippen LogP contribution in [0.1, 0.15) is 24.8 Å². The van der Waals surface area contributed by atoms with E-state index in [2.05, 4.69) is 75.4 Å². The Morgan fingerprint density at radius 3 is 2.03 bits per heavy atom. The molecule has 3 aliphatic rings. The Labute approximate surface area is 176 Å². The lowest BCUT2D eigenvalue weighted by molar-refractivity contribution is 0.123. The van der Waals surface area contributed by atoms with Crippen LogP contribution in [0.2, 0.25) is 0 Å². The summed E-state index contributed by atoms with van der Waals surface area (Å²) in [7, 11) is 0. The van der Waals surface area contributed by atoms with E-state index in [9.17, 15) is 0 Å². The Bertz CT molecular complexity index is 759. The quantitative estimate of drug-likeness (QED) is 0.735. The number of para-hydroxylation sites is 1. The van der Waals surface area contributed by atoms with Gasteiger partial charge < -0.3 is 14.7 Å². The minimum atomic E-state index is 0.676. The van der Waals surface area contributed by atoms with Gasteiger partial charge in [0.25, 0.3) is 0 Å². The first-order valence-corrected chi connectivity index (χ1v) is 11.6. The topological polar surface area (TPSA) is 9.72 Å². The average molecular weight is 390 g/mol. The molecule has 1 unspecified atom stereocenters. The molecule has 2 aromatic rings. The number of rotatable bonds is 6. The molecule has 2 aromatic carbocycles. The maximum Gasteiger partial charge on any atom is 0.0366 e. The molecule has 3 heteroatoms. The zero-order chi connectivity index (χ0) is 19.5. The zero-order valence-corrected chi connectivity index (χ0v) is 17.7. The van der Waals surface area contributed by atoms with Gasteiger partial charge in [-0.1, -0.05) is 48.5 Å². The Morgan fingerprint density at radius 1 is 0.724 bits per heavy atom. The fourth-order valence-electron chi connectivity index (χ4n) is 5.59. The zero-order valence-electron chi connectivity index (χ0n) is 17.7. The van der Waals surface area contributed by atoms with Crippen LogP contribution in [0.3, 0.4) is 0 Å². The summed E-state index contributed by atoms with van der Waals surface area (Å²) >= 11 is 0. The minimum absolute atomic E-state index is 0.676. The summed E-state index contributed by atoms with van der Waals surface area (Å²) in [5.74, 6) is 0.955. The van der Waals surface area contributed by atoms with Crippen LogP contribution < -0.4 is 4.90 Å². The predicted molar refractivity (Wildman–Crippen MR) is 121 cm³/mol. The molecule has 2 heterocycles. The van der Waals surface area contributed by atoms with Gasteiger partial charge in [0.15, 0.2) is 0 Å². The first-order valence-electron chi connectivity index (χ1n) is 11.6. The second kappa shape index (κ2) is 8.49. The van der Waals surface area contributed by atoms with Gasteiger partial charge in [-0.15, -0.1) is 0 Å². The summed E-state index contributed by atoms with van der Waals surface area (Å²) in [6, 6.07) is 21.9. The molecule has 1 saturated carbocycles. The van der Waals surface area contributed by atoms with Crippen LogP contribution in [-0.4, -0.2) is 62.2 Å². The highest BCUT2D eigenvalue weighted by Gasteiger charge is 2.54. The van der Waals surface area contributed by atoms with Crippen molar-refractivity contribution >= 4 is 5.69 Å². The molecule has 2 saturated heterocycles. The third kappa shape index (κ3) is 4.51. The smallest absolute Gasteiger partial charge is 0.0366 e.